The van der Waals surface area contributed by atoms with Gasteiger partial charge >= 0.3 is 0 Å². The van der Waals surface area contributed by atoms with Crippen LogP contribution < -0.4 is 4.74 Å². The van der Waals surface area contributed by atoms with Crippen LogP contribution >= 0.6 is 0 Å². The van der Waals surface area contributed by atoms with Gasteiger partial charge in [-0.05, 0) is 31.7 Å². The van der Waals surface area contributed by atoms with Crippen molar-refractivity contribution in [3.8, 4) is 5.75 Å². The quantitative estimate of drug-likeness (QED) is 0.725. The second-order valence-corrected chi connectivity index (χ2v) is 4.52. The highest BCUT2D eigenvalue weighted by molar-refractivity contribution is 6.03. The third-order valence-electron chi connectivity index (χ3n) is 3.32. The molecule has 2 heteroatoms. The summed E-state index contributed by atoms with van der Waals surface area (Å²) in [5.41, 5.74) is 3.93. The number of aliphatic imine (C=N–C) groups is 1. The van der Waals surface area contributed by atoms with E-state index in [1.165, 1.54) is 36.1 Å². The summed E-state index contributed by atoms with van der Waals surface area (Å²) in [4.78, 5) is 4.75. The van der Waals surface area contributed by atoms with Crippen molar-refractivity contribution in [3.63, 3.8) is 0 Å². The van der Waals surface area contributed by atoms with E-state index in [9.17, 15) is 0 Å². The number of hydrogen-bond acceptors (Lipinski definition) is 2. The zero-order valence-corrected chi connectivity index (χ0v) is 10.8. The highest BCUT2D eigenvalue weighted by atomic mass is 16.5. The molecule has 0 bridgehead atoms. The summed E-state index contributed by atoms with van der Waals surface area (Å²) >= 11 is 0. The highest BCUT2D eigenvalue weighted by Gasteiger charge is 2.18. The maximum absolute atomic E-state index is 5.43. The van der Waals surface area contributed by atoms with Gasteiger partial charge < -0.3 is 4.74 Å². The molecule has 0 amide bonds. The summed E-state index contributed by atoms with van der Waals surface area (Å²) in [5.74, 6) is 1.02. The fourth-order valence-electron chi connectivity index (χ4n) is 2.39. The standard InChI is InChI=1S/C15H21NO/c1-3-4-11-16-14-9-5-8-13-12(14)7-6-10-15(13)17-2/h6-7,10H,3-5,8-9,11H2,1-2H3. The molecule has 1 aliphatic carbocycles. The summed E-state index contributed by atoms with van der Waals surface area (Å²) in [6, 6.07) is 6.30. The van der Waals surface area contributed by atoms with E-state index in [4.69, 9.17) is 9.73 Å². The molecule has 0 atom stereocenters. The number of fused-ring (bicyclic) bond motifs is 1. The molecule has 0 unspecified atom stereocenters. The van der Waals surface area contributed by atoms with E-state index >= 15 is 0 Å². The third kappa shape index (κ3) is 2.68. The number of nitrogens with zero attached hydrogens (tertiary/aromatic N) is 1. The molecular weight excluding hydrogens is 210 g/mol. The van der Waals surface area contributed by atoms with E-state index in [2.05, 4.69) is 19.1 Å². The third-order valence-corrected chi connectivity index (χ3v) is 3.32. The van der Waals surface area contributed by atoms with Crippen LogP contribution in [0.1, 0.15) is 43.7 Å². The van der Waals surface area contributed by atoms with Gasteiger partial charge in [-0.25, -0.2) is 0 Å². The average Bonchev–Trinajstić information content (AvgIpc) is 2.38. The summed E-state index contributed by atoms with van der Waals surface area (Å²) < 4.78 is 5.43. The summed E-state index contributed by atoms with van der Waals surface area (Å²) in [5, 5.41) is 0. The molecule has 0 spiro atoms. The van der Waals surface area contributed by atoms with Gasteiger partial charge in [-0.15, -0.1) is 0 Å². The Morgan fingerprint density at radius 2 is 2.18 bits per heavy atom. The molecule has 0 radical (unpaired) electrons. The normalized spacial score (nSPS) is 16.9. The van der Waals surface area contributed by atoms with E-state index in [1.807, 2.05) is 6.07 Å². The van der Waals surface area contributed by atoms with Gasteiger partial charge in [0.2, 0.25) is 0 Å². The van der Waals surface area contributed by atoms with E-state index in [1.54, 1.807) is 7.11 Å². The van der Waals surface area contributed by atoms with Crippen LogP contribution in [0.5, 0.6) is 5.75 Å². The van der Waals surface area contributed by atoms with Crippen molar-refractivity contribution in [3.05, 3.63) is 29.3 Å². The average molecular weight is 231 g/mol. The van der Waals surface area contributed by atoms with Crippen molar-refractivity contribution in [2.45, 2.75) is 39.0 Å². The lowest BCUT2D eigenvalue weighted by Crippen LogP contribution is -2.13. The lowest BCUT2D eigenvalue weighted by atomic mass is 9.89. The summed E-state index contributed by atoms with van der Waals surface area (Å²) in [6.07, 6.45) is 5.82. The minimum atomic E-state index is 0.961. The van der Waals surface area contributed by atoms with Crippen molar-refractivity contribution in [2.75, 3.05) is 13.7 Å². The van der Waals surface area contributed by atoms with Crippen LogP contribution in [0.3, 0.4) is 0 Å². The second-order valence-electron chi connectivity index (χ2n) is 4.52. The van der Waals surface area contributed by atoms with Crippen LogP contribution in [0.2, 0.25) is 0 Å². The van der Waals surface area contributed by atoms with Crippen molar-refractivity contribution in [1.82, 2.24) is 0 Å². The van der Waals surface area contributed by atoms with Gasteiger partial charge in [-0.1, -0.05) is 25.5 Å². The van der Waals surface area contributed by atoms with Gasteiger partial charge in [-0.3, -0.25) is 4.99 Å². The smallest absolute Gasteiger partial charge is 0.122 e. The first-order valence-electron chi connectivity index (χ1n) is 6.56. The van der Waals surface area contributed by atoms with Gasteiger partial charge in [0.25, 0.3) is 0 Å². The Bertz CT molecular complexity index is 409. The van der Waals surface area contributed by atoms with Gasteiger partial charge in [-0.2, -0.15) is 0 Å². The zero-order chi connectivity index (χ0) is 12.1. The van der Waals surface area contributed by atoms with Crippen molar-refractivity contribution >= 4 is 5.71 Å². The van der Waals surface area contributed by atoms with Crippen LogP contribution in [0.4, 0.5) is 0 Å². The van der Waals surface area contributed by atoms with Crippen LogP contribution in [0.15, 0.2) is 23.2 Å². The second kappa shape index (κ2) is 5.85. The Hall–Kier alpha value is -1.31. The first kappa shape index (κ1) is 12.2. The molecule has 0 aromatic heterocycles. The van der Waals surface area contributed by atoms with Crippen molar-refractivity contribution < 1.29 is 4.74 Å². The van der Waals surface area contributed by atoms with Crippen LogP contribution in [0, 0.1) is 0 Å². The van der Waals surface area contributed by atoms with Crippen LogP contribution in [-0.4, -0.2) is 19.4 Å². The molecule has 92 valence electrons. The lowest BCUT2D eigenvalue weighted by molar-refractivity contribution is 0.408. The molecule has 0 saturated carbocycles. The molecule has 2 nitrogen and oxygen atoms in total. The van der Waals surface area contributed by atoms with E-state index < -0.39 is 0 Å². The maximum atomic E-state index is 5.43. The molecule has 1 aliphatic rings. The first-order chi connectivity index (χ1) is 8.36. The minimum Gasteiger partial charge on any atom is -0.496 e. The van der Waals surface area contributed by atoms with Crippen LogP contribution in [-0.2, 0) is 6.42 Å². The molecule has 0 fully saturated rings. The fourth-order valence-corrected chi connectivity index (χ4v) is 2.39. The van der Waals surface area contributed by atoms with Gasteiger partial charge in [0, 0.05) is 23.4 Å². The predicted octanol–water partition coefficient (Wildman–Crippen LogP) is 3.62. The van der Waals surface area contributed by atoms with Crippen LogP contribution in [0.25, 0.3) is 0 Å². The Morgan fingerprint density at radius 3 is 2.94 bits per heavy atom. The number of benzene rings is 1. The Balaban J connectivity index is 2.28. The van der Waals surface area contributed by atoms with E-state index in [0.717, 1.165) is 25.1 Å². The molecule has 2 rings (SSSR count). The van der Waals surface area contributed by atoms with Gasteiger partial charge in [0.1, 0.15) is 5.75 Å². The molecule has 1 aromatic carbocycles. The van der Waals surface area contributed by atoms with E-state index in [0.29, 0.717) is 0 Å². The lowest BCUT2D eigenvalue weighted by Gasteiger charge is -2.20. The molecule has 0 heterocycles. The highest BCUT2D eigenvalue weighted by Crippen LogP contribution is 2.29. The summed E-state index contributed by atoms with van der Waals surface area (Å²) in [6.45, 7) is 3.17. The maximum Gasteiger partial charge on any atom is 0.122 e. The first-order valence-corrected chi connectivity index (χ1v) is 6.56. The topological polar surface area (TPSA) is 21.6 Å². The van der Waals surface area contributed by atoms with Crippen molar-refractivity contribution in [1.29, 1.82) is 0 Å². The molecule has 1 aromatic rings. The summed E-state index contributed by atoms with van der Waals surface area (Å²) in [7, 11) is 1.75. The Kier molecular flexibility index (Phi) is 4.18. The Labute approximate surface area is 104 Å². The largest absolute Gasteiger partial charge is 0.496 e. The van der Waals surface area contributed by atoms with Gasteiger partial charge in [0.15, 0.2) is 0 Å². The van der Waals surface area contributed by atoms with Gasteiger partial charge in [0.05, 0.1) is 7.11 Å². The predicted molar refractivity (Wildman–Crippen MR) is 72.2 cm³/mol. The monoisotopic (exact) mass is 231 g/mol. The SMILES string of the molecule is CCCCN=C1CCCc2c(OC)cccc21. The van der Waals surface area contributed by atoms with E-state index in [-0.39, 0.29) is 0 Å². The Morgan fingerprint density at radius 1 is 1.29 bits per heavy atom. The molecular formula is C15H21NO. The van der Waals surface area contributed by atoms with Crippen molar-refractivity contribution in [2.24, 2.45) is 4.99 Å². The molecule has 17 heavy (non-hydrogen) atoms. The zero-order valence-electron chi connectivity index (χ0n) is 10.8. The fraction of sp³-hybridized carbons (Fsp3) is 0.533. The number of ether oxygens (including phenoxy) is 1. The minimum absolute atomic E-state index is 0.961. The number of rotatable bonds is 4. The molecule has 0 N–H and O–H groups in total. The number of hydrogen-bond donors (Lipinski definition) is 0. The molecule has 0 saturated heterocycles. The molecule has 0 aliphatic heterocycles. The number of unbranched alkanes of at least 4 members (excludes halogenated alkanes) is 1. The number of methoxy groups -OCH3 is 1.